The van der Waals surface area contributed by atoms with Gasteiger partial charge in [0.2, 0.25) is 0 Å². The van der Waals surface area contributed by atoms with Crippen molar-refractivity contribution in [3.05, 3.63) is 23.3 Å². The Bertz CT molecular complexity index is 408. The lowest BCUT2D eigenvalue weighted by Crippen LogP contribution is -2.27. The lowest BCUT2D eigenvalue weighted by atomic mass is 9.98. The molecule has 3 nitrogen and oxygen atoms in total. The highest BCUT2D eigenvalue weighted by Crippen LogP contribution is 2.44. The molecule has 1 atom stereocenters. The van der Waals surface area contributed by atoms with Crippen LogP contribution in [0.25, 0.3) is 0 Å². The van der Waals surface area contributed by atoms with Gasteiger partial charge in [-0.15, -0.1) is 0 Å². The molecule has 0 fully saturated rings. The Labute approximate surface area is 94.3 Å². The van der Waals surface area contributed by atoms with Gasteiger partial charge in [-0.1, -0.05) is 0 Å². The van der Waals surface area contributed by atoms with E-state index in [1.807, 2.05) is 6.07 Å². The third-order valence-corrected chi connectivity index (χ3v) is 3.21. The average molecular weight is 225 g/mol. The van der Waals surface area contributed by atoms with Crippen molar-refractivity contribution < 1.29 is 13.9 Å². The molecule has 2 rings (SSSR count). The Morgan fingerprint density at radius 1 is 1.31 bits per heavy atom. The van der Waals surface area contributed by atoms with Gasteiger partial charge in [-0.05, 0) is 36.1 Å². The highest BCUT2D eigenvalue weighted by atomic mass is 19.1. The normalized spacial score (nSPS) is 23.0. The first kappa shape index (κ1) is 11.2. The van der Waals surface area contributed by atoms with E-state index in [0.717, 1.165) is 5.56 Å². The summed E-state index contributed by atoms with van der Waals surface area (Å²) in [7, 11) is 3.12. The van der Waals surface area contributed by atoms with Crippen molar-refractivity contribution in [1.82, 2.24) is 0 Å². The number of halogens is 1. The Hall–Kier alpha value is -1.29. The maximum absolute atomic E-state index is 14.4. The average Bonchev–Trinajstić information content (AvgIpc) is 2.65. The van der Waals surface area contributed by atoms with Gasteiger partial charge in [0.25, 0.3) is 0 Å². The van der Waals surface area contributed by atoms with Crippen LogP contribution < -0.4 is 15.2 Å². The van der Waals surface area contributed by atoms with E-state index in [1.165, 1.54) is 0 Å². The van der Waals surface area contributed by atoms with Crippen LogP contribution >= 0.6 is 0 Å². The van der Waals surface area contributed by atoms with E-state index in [1.54, 1.807) is 20.3 Å². The maximum Gasteiger partial charge on any atom is 0.161 e. The highest BCUT2D eigenvalue weighted by molar-refractivity contribution is 5.51. The highest BCUT2D eigenvalue weighted by Gasteiger charge is 2.38. The zero-order valence-corrected chi connectivity index (χ0v) is 9.55. The van der Waals surface area contributed by atoms with E-state index >= 15 is 0 Å². The number of ether oxygens (including phenoxy) is 2. The maximum atomic E-state index is 14.4. The fraction of sp³-hybridized carbons (Fsp3) is 0.500. The molecule has 0 saturated carbocycles. The molecule has 0 aliphatic heterocycles. The second-order valence-electron chi connectivity index (χ2n) is 4.03. The minimum atomic E-state index is -1.41. The molecule has 88 valence electrons. The fourth-order valence-corrected chi connectivity index (χ4v) is 2.22. The Kier molecular flexibility index (Phi) is 2.76. The summed E-state index contributed by atoms with van der Waals surface area (Å²) in [5, 5.41) is 0. The van der Waals surface area contributed by atoms with Crippen LogP contribution in [0.15, 0.2) is 12.1 Å². The summed E-state index contributed by atoms with van der Waals surface area (Å²) >= 11 is 0. The molecule has 0 bridgehead atoms. The minimum Gasteiger partial charge on any atom is -0.493 e. The molecule has 1 aliphatic rings. The van der Waals surface area contributed by atoms with Crippen LogP contribution in [0.5, 0.6) is 11.5 Å². The first-order chi connectivity index (χ1) is 7.64. The summed E-state index contributed by atoms with van der Waals surface area (Å²) in [6.07, 6.45) is 1.14. The van der Waals surface area contributed by atoms with Gasteiger partial charge in [0.05, 0.1) is 14.2 Å². The molecule has 1 aromatic carbocycles. The van der Waals surface area contributed by atoms with E-state index in [9.17, 15) is 4.39 Å². The lowest BCUT2D eigenvalue weighted by molar-refractivity contribution is 0.177. The number of benzene rings is 1. The SMILES string of the molecule is COc1cc2c(cc1OC)C(F)(CN)CC2. The molecule has 1 aromatic rings. The van der Waals surface area contributed by atoms with Gasteiger partial charge in [-0.2, -0.15) is 0 Å². The number of methoxy groups -OCH3 is 2. The van der Waals surface area contributed by atoms with Crippen LogP contribution in [0.2, 0.25) is 0 Å². The molecule has 0 aromatic heterocycles. The van der Waals surface area contributed by atoms with Crippen molar-refractivity contribution in [2.45, 2.75) is 18.5 Å². The third-order valence-electron chi connectivity index (χ3n) is 3.21. The predicted molar refractivity (Wildman–Crippen MR) is 59.7 cm³/mol. The molecule has 4 heteroatoms. The van der Waals surface area contributed by atoms with E-state index in [-0.39, 0.29) is 6.54 Å². The Morgan fingerprint density at radius 3 is 2.50 bits per heavy atom. The van der Waals surface area contributed by atoms with Crippen molar-refractivity contribution >= 4 is 0 Å². The van der Waals surface area contributed by atoms with Crippen LogP contribution in [0, 0.1) is 0 Å². The second-order valence-corrected chi connectivity index (χ2v) is 4.03. The molecule has 16 heavy (non-hydrogen) atoms. The molecular formula is C12H16FNO2. The van der Waals surface area contributed by atoms with E-state index < -0.39 is 5.67 Å². The molecular weight excluding hydrogens is 209 g/mol. The van der Waals surface area contributed by atoms with Gasteiger partial charge in [0.15, 0.2) is 11.5 Å². The van der Waals surface area contributed by atoms with Crippen LogP contribution in [-0.4, -0.2) is 20.8 Å². The van der Waals surface area contributed by atoms with Crippen LogP contribution in [-0.2, 0) is 12.1 Å². The minimum absolute atomic E-state index is 0.00941. The summed E-state index contributed by atoms with van der Waals surface area (Å²) in [5.74, 6) is 1.20. The predicted octanol–water partition coefficient (Wildman–Crippen LogP) is 1.77. The molecule has 0 spiro atoms. The zero-order valence-electron chi connectivity index (χ0n) is 9.55. The molecule has 0 radical (unpaired) electrons. The summed E-state index contributed by atoms with van der Waals surface area (Å²) in [6, 6.07) is 3.54. The number of rotatable bonds is 3. The van der Waals surface area contributed by atoms with Crippen molar-refractivity contribution in [2.75, 3.05) is 20.8 Å². The summed E-state index contributed by atoms with van der Waals surface area (Å²) in [5.41, 5.74) is 5.70. The monoisotopic (exact) mass is 225 g/mol. The number of aryl methyl sites for hydroxylation is 1. The number of hydrogen-bond donors (Lipinski definition) is 1. The van der Waals surface area contributed by atoms with Gasteiger partial charge in [-0.25, -0.2) is 4.39 Å². The summed E-state index contributed by atoms with van der Waals surface area (Å²) in [4.78, 5) is 0. The van der Waals surface area contributed by atoms with Crippen LogP contribution in [0.3, 0.4) is 0 Å². The Balaban J connectivity index is 2.52. The first-order valence-corrected chi connectivity index (χ1v) is 5.29. The van der Waals surface area contributed by atoms with Gasteiger partial charge < -0.3 is 15.2 Å². The smallest absolute Gasteiger partial charge is 0.161 e. The lowest BCUT2D eigenvalue weighted by Gasteiger charge is -2.19. The summed E-state index contributed by atoms with van der Waals surface area (Å²) < 4.78 is 24.7. The van der Waals surface area contributed by atoms with Gasteiger partial charge in [0, 0.05) is 6.54 Å². The van der Waals surface area contributed by atoms with Crippen LogP contribution in [0.4, 0.5) is 4.39 Å². The van der Waals surface area contributed by atoms with E-state index in [2.05, 4.69) is 0 Å². The van der Waals surface area contributed by atoms with Crippen LogP contribution in [0.1, 0.15) is 17.5 Å². The largest absolute Gasteiger partial charge is 0.493 e. The summed E-state index contributed by atoms with van der Waals surface area (Å²) in [6.45, 7) is 0.00941. The number of hydrogen-bond acceptors (Lipinski definition) is 3. The third kappa shape index (κ3) is 1.53. The fourth-order valence-electron chi connectivity index (χ4n) is 2.22. The molecule has 0 saturated heterocycles. The molecule has 1 unspecified atom stereocenters. The topological polar surface area (TPSA) is 44.5 Å². The standard InChI is InChI=1S/C12H16FNO2/c1-15-10-5-8-3-4-12(13,7-14)9(8)6-11(10)16-2/h5-6H,3-4,7,14H2,1-2H3. The quantitative estimate of drug-likeness (QED) is 0.852. The second kappa shape index (κ2) is 3.94. The molecule has 1 aliphatic carbocycles. The van der Waals surface area contributed by atoms with Crippen molar-refractivity contribution in [3.8, 4) is 11.5 Å². The van der Waals surface area contributed by atoms with E-state index in [4.69, 9.17) is 15.2 Å². The first-order valence-electron chi connectivity index (χ1n) is 5.29. The van der Waals surface area contributed by atoms with Crippen molar-refractivity contribution in [1.29, 1.82) is 0 Å². The number of alkyl halides is 1. The zero-order chi connectivity index (χ0) is 11.8. The number of fused-ring (bicyclic) bond motifs is 1. The van der Waals surface area contributed by atoms with Gasteiger partial charge >= 0.3 is 0 Å². The van der Waals surface area contributed by atoms with Crippen molar-refractivity contribution in [3.63, 3.8) is 0 Å². The van der Waals surface area contributed by atoms with E-state index in [0.29, 0.717) is 29.9 Å². The van der Waals surface area contributed by atoms with Crippen molar-refractivity contribution in [2.24, 2.45) is 5.73 Å². The molecule has 0 amide bonds. The Morgan fingerprint density at radius 2 is 1.94 bits per heavy atom. The molecule has 0 heterocycles. The molecule has 2 N–H and O–H groups in total. The number of nitrogens with two attached hydrogens (primary N) is 1. The van der Waals surface area contributed by atoms with Gasteiger partial charge in [0.1, 0.15) is 5.67 Å². The van der Waals surface area contributed by atoms with Gasteiger partial charge in [-0.3, -0.25) is 0 Å².